The summed E-state index contributed by atoms with van der Waals surface area (Å²) in [4.78, 5) is 12.8. The highest BCUT2D eigenvalue weighted by Gasteiger charge is 2.22. The van der Waals surface area contributed by atoms with Crippen LogP contribution in [0.4, 0.5) is 0 Å². The fourth-order valence-electron chi connectivity index (χ4n) is 3.40. The fourth-order valence-corrected chi connectivity index (χ4v) is 4.40. The molecule has 4 aromatic rings. The molecule has 2 atom stereocenters. The zero-order valence-corrected chi connectivity index (χ0v) is 20.0. The van der Waals surface area contributed by atoms with E-state index in [1.54, 1.807) is 6.26 Å². The van der Waals surface area contributed by atoms with Crippen LogP contribution in [0, 0.1) is 0 Å². The summed E-state index contributed by atoms with van der Waals surface area (Å²) < 4.78 is 7.51. The van der Waals surface area contributed by atoms with E-state index in [2.05, 4.69) is 34.6 Å². The second-order valence-corrected chi connectivity index (χ2v) is 9.54. The molecule has 0 aliphatic rings. The highest BCUT2D eigenvalue weighted by Crippen LogP contribution is 2.28. The molecule has 0 saturated heterocycles. The number of nitrogens with one attached hydrogen (secondary N) is 1. The maximum absolute atomic E-state index is 12.8. The molecule has 0 saturated carbocycles. The average molecular weight is 481 g/mol. The number of hydrogen-bond donors (Lipinski definition) is 1. The van der Waals surface area contributed by atoms with Crippen LogP contribution in [0.2, 0.25) is 5.02 Å². The first kappa shape index (κ1) is 23.1. The number of carbonyl (C=O) groups excluding carboxylic acids is 1. The molecule has 0 radical (unpaired) electrons. The molecule has 4 rings (SSSR count). The zero-order valence-electron chi connectivity index (χ0n) is 18.4. The summed E-state index contributed by atoms with van der Waals surface area (Å²) in [6.07, 6.45) is 1.64. The van der Waals surface area contributed by atoms with E-state index in [4.69, 9.17) is 16.0 Å². The van der Waals surface area contributed by atoms with Crippen molar-refractivity contribution >= 4 is 29.3 Å². The van der Waals surface area contributed by atoms with Crippen LogP contribution in [-0.4, -0.2) is 32.5 Å². The van der Waals surface area contributed by atoms with Gasteiger partial charge in [-0.05, 0) is 54.8 Å². The van der Waals surface area contributed by atoms with Gasteiger partial charge < -0.3 is 9.73 Å². The van der Waals surface area contributed by atoms with Crippen LogP contribution in [0.3, 0.4) is 0 Å². The Labute approximate surface area is 202 Å². The first-order chi connectivity index (χ1) is 16.0. The summed E-state index contributed by atoms with van der Waals surface area (Å²) in [6, 6.07) is 21.4. The first-order valence-corrected chi connectivity index (χ1v) is 12.0. The van der Waals surface area contributed by atoms with Crippen molar-refractivity contribution in [3.05, 3.63) is 89.3 Å². The number of rotatable bonds is 9. The van der Waals surface area contributed by atoms with Crippen LogP contribution >= 0.6 is 23.4 Å². The lowest BCUT2D eigenvalue weighted by atomic mass is 10.0. The van der Waals surface area contributed by atoms with Crippen molar-refractivity contribution in [1.82, 2.24) is 20.1 Å². The van der Waals surface area contributed by atoms with Crippen molar-refractivity contribution in [2.24, 2.45) is 0 Å². The minimum absolute atomic E-state index is 0.0385. The Kier molecular flexibility index (Phi) is 7.52. The molecule has 8 heteroatoms. The molecule has 0 aliphatic carbocycles. The van der Waals surface area contributed by atoms with E-state index in [0.29, 0.717) is 29.1 Å². The van der Waals surface area contributed by atoms with Crippen LogP contribution in [0.25, 0.3) is 11.4 Å². The normalized spacial score (nSPS) is 12.9. The SMILES string of the molecule is CC(Sc1nnc(-c2ccc(Cl)cc2)n1Cc1ccco1)C(=O)NCC(C)c1ccccc1. The molecule has 6 nitrogen and oxygen atoms in total. The van der Waals surface area contributed by atoms with Crippen LogP contribution in [0.5, 0.6) is 0 Å². The summed E-state index contributed by atoms with van der Waals surface area (Å²) in [6.45, 7) is 5.01. The second-order valence-electron chi connectivity index (χ2n) is 7.80. The minimum Gasteiger partial charge on any atom is -0.467 e. The molecular weight excluding hydrogens is 456 g/mol. The average Bonchev–Trinajstić information content (AvgIpc) is 3.49. The van der Waals surface area contributed by atoms with Crippen molar-refractivity contribution in [1.29, 1.82) is 0 Å². The summed E-state index contributed by atoms with van der Waals surface area (Å²) >= 11 is 7.42. The van der Waals surface area contributed by atoms with E-state index in [1.165, 1.54) is 17.3 Å². The van der Waals surface area contributed by atoms with Crippen molar-refractivity contribution < 1.29 is 9.21 Å². The molecular formula is C25H25ClN4O2S. The maximum atomic E-state index is 12.8. The maximum Gasteiger partial charge on any atom is 0.233 e. The van der Waals surface area contributed by atoms with Gasteiger partial charge in [0.1, 0.15) is 5.76 Å². The van der Waals surface area contributed by atoms with Gasteiger partial charge in [-0.25, -0.2) is 0 Å². The fraction of sp³-hybridized carbons (Fsp3) is 0.240. The molecule has 2 aromatic heterocycles. The smallest absolute Gasteiger partial charge is 0.233 e. The number of carbonyl (C=O) groups is 1. The number of halogens is 1. The standard InChI is InChI=1S/C25H25ClN4O2S/c1-17(19-7-4-3-5-8-19)15-27-24(31)18(2)33-25-29-28-23(20-10-12-21(26)13-11-20)30(25)16-22-9-6-14-32-22/h3-14,17-18H,15-16H2,1-2H3,(H,27,31). The molecule has 2 heterocycles. The van der Waals surface area contributed by atoms with Crippen LogP contribution in [-0.2, 0) is 11.3 Å². The van der Waals surface area contributed by atoms with Crippen molar-refractivity contribution in [2.45, 2.75) is 36.7 Å². The van der Waals surface area contributed by atoms with Gasteiger partial charge in [0.05, 0.1) is 18.1 Å². The first-order valence-electron chi connectivity index (χ1n) is 10.7. The van der Waals surface area contributed by atoms with Crippen LogP contribution < -0.4 is 5.32 Å². The van der Waals surface area contributed by atoms with Crippen LogP contribution in [0.15, 0.2) is 82.6 Å². The molecule has 0 fully saturated rings. The summed E-state index contributed by atoms with van der Waals surface area (Å²) in [5.41, 5.74) is 2.09. The Bertz CT molecular complexity index is 1180. The van der Waals surface area contributed by atoms with E-state index >= 15 is 0 Å². The summed E-state index contributed by atoms with van der Waals surface area (Å²) in [7, 11) is 0. The largest absolute Gasteiger partial charge is 0.467 e. The topological polar surface area (TPSA) is 73.0 Å². The molecule has 170 valence electrons. The van der Waals surface area contributed by atoms with Gasteiger partial charge in [0.15, 0.2) is 11.0 Å². The zero-order chi connectivity index (χ0) is 23.2. The van der Waals surface area contributed by atoms with Gasteiger partial charge in [-0.3, -0.25) is 9.36 Å². The Balaban J connectivity index is 1.48. The molecule has 0 bridgehead atoms. The number of nitrogens with zero attached hydrogens (tertiary/aromatic N) is 3. The molecule has 0 aliphatic heterocycles. The lowest BCUT2D eigenvalue weighted by Gasteiger charge is -2.16. The van der Waals surface area contributed by atoms with Crippen molar-refractivity contribution in [3.63, 3.8) is 0 Å². The quantitative estimate of drug-likeness (QED) is 0.314. The Morgan fingerprint density at radius 3 is 2.52 bits per heavy atom. The summed E-state index contributed by atoms with van der Waals surface area (Å²) in [5, 5.41) is 12.8. The van der Waals surface area contributed by atoms with Gasteiger partial charge >= 0.3 is 0 Å². The predicted molar refractivity (Wildman–Crippen MR) is 131 cm³/mol. The van der Waals surface area contributed by atoms with E-state index in [9.17, 15) is 4.79 Å². The van der Waals surface area contributed by atoms with Gasteiger partial charge in [0.2, 0.25) is 5.91 Å². The van der Waals surface area contributed by atoms with Crippen molar-refractivity contribution in [3.8, 4) is 11.4 Å². The second kappa shape index (κ2) is 10.7. The highest BCUT2D eigenvalue weighted by atomic mass is 35.5. The number of hydrogen-bond acceptors (Lipinski definition) is 5. The van der Waals surface area contributed by atoms with Gasteiger partial charge in [0.25, 0.3) is 0 Å². The lowest BCUT2D eigenvalue weighted by Crippen LogP contribution is -2.33. The predicted octanol–water partition coefficient (Wildman–Crippen LogP) is 5.64. The van der Waals surface area contributed by atoms with E-state index in [-0.39, 0.29) is 17.1 Å². The van der Waals surface area contributed by atoms with E-state index < -0.39 is 0 Å². The van der Waals surface area contributed by atoms with Crippen molar-refractivity contribution in [2.75, 3.05) is 6.54 Å². The monoisotopic (exact) mass is 480 g/mol. The molecule has 1 amide bonds. The van der Waals surface area contributed by atoms with E-state index in [0.717, 1.165) is 11.3 Å². The highest BCUT2D eigenvalue weighted by molar-refractivity contribution is 8.00. The number of amides is 1. The molecule has 2 unspecified atom stereocenters. The van der Waals surface area contributed by atoms with Gasteiger partial charge in [-0.2, -0.15) is 0 Å². The number of thioether (sulfide) groups is 1. The number of aromatic nitrogens is 3. The third-order valence-electron chi connectivity index (χ3n) is 5.32. The lowest BCUT2D eigenvalue weighted by molar-refractivity contribution is -0.120. The van der Waals surface area contributed by atoms with Gasteiger partial charge in [-0.15, -0.1) is 10.2 Å². The molecule has 2 aromatic carbocycles. The Morgan fingerprint density at radius 2 is 1.82 bits per heavy atom. The Morgan fingerprint density at radius 1 is 1.06 bits per heavy atom. The number of benzene rings is 2. The molecule has 1 N–H and O–H groups in total. The summed E-state index contributed by atoms with van der Waals surface area (Å²) in [5.74, 6) is 1.66. The minimum atomic E-state index is -0.342. The molecule has 0 spiro atoms. The van der Waals surface area contributed by atoms with Gasteiger partial charge in [-0.1, -0.05) is 60.6 Å². The third-order valence-corrected chi connectivity index (χ3v) is 6.65. The van der Waals surface area contributed by atoms with Gasteiger partial charge in [0, 0.05) is 17.1 Å². The van der Waals surface area contributed by atoms with E-state index in [1.807, 2.05) is 66.1 Å². The van der Waals surface area contributed by atoms with Crippen LogP contribution in [0.1, 0.15) is 31.1 Å². The molecule has 33 heavy (non-hydrogen) atoms. The third kappa shape index (κ3) is 5.86. The number of furan rings is 1. The Hall–Kier alpha value is -3.03.